The Morgan fingerprint density at radius 3 is 2.60 bits per heavy atom. The smallest absolute Gasteiger partial charge is 0.0647 e. The molecular weight excluding hydrogens is 248 g/mol. The van der Waals surface area contributed by atoms with Crippen LogP contribution in [0, 0.1) is 0 Å². The molecule has 0 bridgehead atoms. The summed E-state index contributed by atoms with van der Waals surface area (Å²) in [6, 6.07) is 12.3. The van der Waals surface area contributed by atoms with Gasteiger partial charge in [-0.15, -0.1) is 0 Å². The minimum atomic E-state index is 0.841. The lowest BCUT2D eigenvalue weighted by Crippen LogP contribution is -1.99. The zero-order valence-corrected chi connectivity index (χ0v) is 11.5. The zero-order chi connectivity index (χ0) is 13.8. The van der Waals surface area contributed by atoms with Crippen LogP contribution in [-0.2, 0) is 13.1 Å². The van der Waals surface area contributed by atoms with Gasteiger partial charge in [0, 0.05) is 43.6 Å². The van der Waals surface area contributed by atoms with E-state index in [0.29, 0.717) is 0 Å². The maximum atomic E-state index is 4.22. The maximum Gasteiger partial charge on any atom is 0.0647 e. The first-order chi connectivity index (χ1) is 9.85. The molecule has 20 heavy (non-hydrogen) atoms. The molecule has 4 heteroatoms. The van der Waals surface area contributed by atoms with E-state index in [1.165, 1.54) is 5.56 Å². The Labute approximate surface area is 118 Å². The van der Waals surface area contributed by atoms with Gasteiger partial charge in [0.2, 0.25) is 0 Å². The molecule has 0 aliphatic carbocycles. The van der Waals surface area contributed by atoms with Gasteiger partial charge in [0.1, 0.15) is 0 Å². The van der Waals surface area contributed by atoms with Gasteiger partial charge in [-0.25, -0.2) is 4.68 Å². The second kappa shape index (κ2) is 5.65. The number of nitrogens with zero attached hydrogens (tertiary/aromatic N) is 3. The molecule has 0 spiro atoms. The molecule has 0 aliphatic rings. The van der Waals surface area contributed by atoms with Crippen molar-refractivity contribution in [1.29, 1.82) is 0 Å². The fourth-order valence-corrected chi connectivity index (χ4v) is 2.15. The van der Waals surface area contributed by atoms with Gasteiger partial charge in [0.25, 0.3) is 0 Å². The third kappa shape index (κ3) is 2.74. The molecule has 0 fully saturated rings. The van der Waals surface area contributed by atoms with E-state index in [9.17, 15) is 0 Å². The molecule has 4 nitrogen and oxygen atoms in total. The Kier molecular flexibility index (Phi) is 3.54. The third-order valence-electron chi connectivity index (χ3n) is 3.31. The molecule has 2 heterocycles. The molecule has 102 valence electrons. The Morgan fingerprint density at radius 1 is 1.10 bits per heavy atom. The molecule has 1 N–H and O–H groups in total. The highest BCUT2D eigenvalue weighted by molar-refractivity contribution is 5.48. The van der Waals surface area contributed by atoms with E-state index in [1.54, 1.807) is 6.20 Å². The minimum Gasteiger partial charge on any atom is -0.381 e. The van der Waals surface area contributed by atoms with Crippen molar-refractivity contribution in [2.45, 2.75) is 20.0 Å². The summed E-state index contributed by atoms with van der Waals surface area (Å²) in [7, 11) is 0. The van der Waals surface area contributed by atoms with Gasteiger partial charge < -0.3 is 9.88 Å². The molecular formula is C16H18N4. The Bertz CT molecular complexity index is 650. The van der Waals surface area contributed by atoms with Crippen molar-refractivity contribution in [3.05, 3.63) is 66.7 Å². The molecule has 0 atom stereocenters. The Hall–Kier alpha value is -2.49. The fraction of sp³-hybridized carbons (Fsp3) is 0.188. The van der Waals surface area contributed by atoms with Gasteiger partial charge >= 0.3 is 0 Å². The third-order valence-corrected chi connectivity index (χ3v) is 3.31. The van der Waals surface area contributed by atoms with Crippen LogP contribution in [-0.4, -0.2) is 14.3 Å². The van der Waals surface area contributed by atoms with Crippen molar-refractivity contribution in [1.82, 2.24) is 14.3 Å². The van der Waals surface area contributed by atoms with Crippen LogP contribution in [0.4, 0.5) is 5.69 Å². The summed E-state index contributed by atoms with van der Waals surface area (Å²) >= 11 is 0. The van der Waals surface area contributed by atoms with Crippen molar-refractivity contribution >= 4 is 5.69 Å². The number of aryl methyl sites for hydroxylation is 1. The van der Waals surface area contributed by atoms with Crippen LogP contribution < -0.4 is 5.32 Å². The zero-order valence-electron chi connectivity index (χ0n) is 11.5. The standard InChI is InChI=1S/C16H18N4/c1-2-19-11-8-14(13-19)12-17-15-4-6-16(7-5-15)20-10-3-9-18-20/h3-11,13,17H,2,12H2,1H3. The van der Waals surface area contributed by atoms with Gasteiger partial charge in [-0.3, -0.25) is 0 Å². The second-order valence-electron chi connectivity index (χ2n) is 4.70. The quantitative estimate of drug-likeness (QED) is 0.769. The highest BCUT2D eigenvalue weighted by Crippen LogP contribution is 2.13. The van der Waals surface area contributed by atoms with Crippen molar-refractivity contribution < 1.29 is 0 Å². The average Bonchev–Trinajstić information content (AvgIpc) is 3.17. The van der Waals surface area contributed by atoms with Gasteiger partial charge in [0.15, 0.2) is 0 Å². The highest BCUT2D eigenvalue weighted by Gasteiger charge is 1.98. The molecule has 0 saturated heterocycles. The van der Waals surface area contributed by atoms with Crippen LogP contribution in [0.2, 0.25) is 0 Å². The van der Waals surface area contributed by atoms with Gasteiger partial charge in [-0.1, -0.05) is 0 Å². The lowest BCUT2D eigenvalue weighted by Gasteiger charge is -2.07. The van der Waals surface area contributed by atoms with Crippen LogP contribution in [0.15, 0.2) is 61.2 Å². The molecule has 3 aromatic rings. The number of nitrogens with one attached hydrogen (secondary N) is 1. The topological polar surface area (TPSA) is 34.8 Å². The summed E-state index contributed by atoms with van der Waals surface area (Å²) in [4.78, 5) is 0. The predicted molar refractivity (Wildman–Crippen MR) is 81.0 cm³/mol. The summed E-state index contributed by atoms with van der Waals surface area (Å²) in [6.45, 7) is 4.00. The van der Waals surface area contributed by atoms with Crippen LogP contribution in [0.1, 0.15) is 12.5 Å². The number of anilines is 1. The summed E-state index contributed by atoms with van der Waals surface area (Å²) < 4.78 is 4.03. The van der Waals surface area contributed by atoms with Crippen LogP contribution in [0.3, 0.4) is 0 Å². The molecule has 2 aromatic heterocycles. The lowest BCUT2D eigenvalue weighted by molar-refractivity contribution is 0.766. The first-order valence-corrected chi connectivity index (χ1v) is 6.84. The van der Waals surface area contributed by atoms with Crippen LogP contribution >= 0.6 is 0 Å². The number of aromatic nitrogens is 3. The number of rotatable bonds is 5. The van der Waals surface area contributed by atoms with E-state index in [2.05, 4.69) is 64.6 Å². The predicted octanol–water partition coefficient (Wildman–Crippen LogP) is 3.31. The van der Waals surface area contributed by atoms with E-state index >= 15 is 0 Å². The highest BCUT2D eigenvalue weighted by atomic mass is 15.3. The minimum absolute atomic E-state index is 0.841. The van der Waals surface area contributed by atoms with Crippen molar-refractivity contribution in [3.8, 4) is 5.69 Å². The van der Waals surface area contributed by atoms with Gasteiger partial charge in [-0.2, -0.15) is 5.10 Å². The molecule has 3 rings (SSSR count). The molecule has 0 radical (unpaired) electrons. The van der Waals surface area contributed by atoms with E-state index in [4.69, 9.17) is 0 Å². The van der Waals surface area contributed by atoms with E-state index < -0.39 is 0 Å². The first kappa shape index (κ1) is 12.5. The molecule has 0 aliphatic heterocycles. The number of hydrogen-bond donors (Lipinski definition) is 1. The summed E-state index contributed by atoms with van der Waals surface area (Å²) in [5, 5.41) is 7.64. The molecule has 0 saturated carbocycles. The van der Waals surface area contributed by atoms with E-state index in [0.717, 1.165) is 24.5 Å². The first-order valence-electron chi connectivity index (χ1n) is 6.84. The van der Waals surface area contributed by atoms with Gasteiger partial charge in [-0.05, 0) is 48.9 Å². The SMILES string of the molecule is CCn1ccc(CNc2ccc(-n3cccn3)cc2)c1. The normalized spacial score (nSPS) is 10.7. The van der Waals surface area contributed by atoms with Crippen LogP contribution in [0.5, 0.6) is 0 Å². The molecule has 0 amide bonds. The Balaban J connectivity index is 1.63. The summed E-state index contributed by atoms with van der Waals surface area (Å²) in [5.74, 6) is 0. The van der Waals surface area contributed by atoms with Gasteiger partial charge in [0.05, 0.1) is 5.69 Å². The summed E-state index contributed by atoms with van der Waals surface area (Å²) in [5.41, 5.74) is 3.48. The maximum absolute atomic E-state index is 4.22. The van der Waals surface area contributed by atoms with Crippen LogP contribution in [0.25, 0.3) is 5.69 Å². The van der Waals surface area contributed by atoms with Crippen molar-refractivity contribution in [3.63, 3.8) is 0 Å². The fourth-order valence-electron chi connectivity index (χ4n) is 2.15. The molecule has 1 aromatic carbocycles. The summed E-state index contributed by atoms with van der Waals surface area (Å²) in [6.07, 6.45) is 8.00. The number of hydrogen-bond acceptors (Lipinski definition) is 2. The van der Waals surface area contributed by atoms with E-state index in [1.807, 2.05) is 16.9 Å². The van der Waals surface area contributed by atoms with Crippen molar-refractivity contribution in [2.75, 3.05) is 5.32 Å². The molecule has 0 unspecified atom stereocenters. The number of benzene rings is 1. The average molecular weight is 266 g/mol. The largest absolute Gasteiger partial charge is 0.381 e. The Morgan fingerprint density at radius 2 is 1.95 bits per heavy atom. The van der Waals surface area contributed by atoms with E-state index in [-0.39, 0.29) is 0 Å². The van der Waals surface area contributed by atoms with Crippen molar-refractivity contribution in [2.24, 2.45) is 0 Å². The monoisotopic (exact) mass is 266 g/mol. The second-order valence-corrected chi connectivity index (χ2v) is 4.70. The lowest BCUT2D eigenvalue weighted by atomic mass is 10.2.